The van der Waals surface area contributed by atoms with E-state index in [0.717, 1.165) is 11.3 Å². The lowest BCUT2D eigenvalue weighted by Gasteiger charge is -2.27. The molecule has 21 heavy (non-hydrogen) atoms. The predicted octanol–water partition coefficient (Wildman–Crippen LogP) is 1.82. The number of rotatable bonds is 5. The summed E-state index contributed by atoms with van der Waals surface area (Å²) in [5.41, 5.74) is 0.689. The number of likely N-dealkylation sites (N-methyl/N-ethyl adjacent to an activating group) is 1. The second kappa shape index (κ2) is 6.21. The average molecular weight is 354 g/mol. The van der Waals surface area contributed by atoms with Crippen LogP contribution in [0.1, 0.15) is 12.5 Å². The Balaban J connectivity index is 2.38. The van der Waals surface area contributed by atoms with Gasteiger partial charge in [-0.15, -0.1) is 11.3 Å². The van der Waals surface area contributed by atoms with Gasteiger partial charge in [0.2, 0.25) is 0 Å². The van der Waals surface area contributed by atoms with Crippen LogP contribution >= 0.6 is 22.9 Å². The van der Waals surface area contributed by atoms with Crippen molar-refractivity contribution in [3.63, 3.8) is 0 Å². The molecule has 0 spiro atoms. The molecule has 1 aliphatic rings. The normalized spacial score (nSPS) is 22.9. The average Bonchev–Trinajstić information content (AvgIpc) is 2.99. The van der Waals surface area contributed by atoms with Crippen LogP contribution in [0.2, 0.25) is 4.34 Å². The number of thiophene rings is 1. The molecule has 1 fully saturated rings. The van der Waals surface area contributed by atoms with Crippen LogP contribution in [0.5, 0.6) is 0 Å². The molecule has 1 saturated heterocycles. The van der Waals surface area contributed by atoms with E-state index in [1.54, 1.807) is 13.8 Å². The molecule has 1 aliphatic heterocycles. The van der Waals surface area contributed by atoms with Crippen LogP contribution in [-0.4, -0.2) is 49.6 Å². The minimum Gasteiger partial charge on any atom is -0.481 e. The van der Waals surface area contributed by atoms with Crippen molar-refractivity contribution in [3.05, 3.63) is 16.0 Å². The first-order chi connectivity index (χ1) is 9.78. The van der Waals surface area contributed by atoms with E-state index in [1.165, 1.54) is 10.4 Å². The van der Waals surface area contributed by atoms with Crippen molar-refractivity contribution in [1.82, 2.24) is 4.31 Å². The van der Waals surface area contributed by atoms with E-state index in [-0.39, 0.29) is 24.0 Å². The van der Waals surface area contributed by atoms with Crippen LogP contribution in [0.15, 0.2) is 10.3 Å². The van der Waals surface area contributed by atoms with Crippen molar-refractivity contribution < 1.29 is 23.1 Å². The van der Waals surface area contributed by atoms with Gasteiger partial charge in [0.1, 0.15) is 4.21 Å². The number of ether oxygens (including phenoxy) is 1. The third-order valence-corrected chi connectivity index (χ3v) is 7.45. The number of nitrogens with zero attached hydrogens (tertiary/aromatic N) is 1. The molecule has 0 saturated carbocycles. The largest absolute Gasteiger partial charge is 0.481 e. The lowest BCUT2D eigenvalue weighted by molar-refractivity contribution is -0.142. The van der Waals surface area contributed by atoms with Crippen molar-refractivity contribution in [1.29, 1.82) is 0 Å². The van der Waals surface area contributed by atoms with Gasteiger partial charge in [0.25, 0.3) is 10.0 Å². The standard InChI is InChI=1S/C12H16ClNO5S2/c1-3-14(9-6-19-5-8(9)12(15)16)21(17,18)10-4-7(2)11(13)20-10/h4,8-9H,3,5-6H2,1-2H3,(H,15,16). The maximum Gasteiger partial charge on any atom is 0.310 e. The molecule has 9 heteroatoms. The summed E-state index contributed by atoms with van der Waals surface area (Å²) >= 11 is 6.92. The first-order valence-electron chi connectivity index (χ1n) is 6.37. The molecule has 1 N–H and O–H groups in total. The number of carbonyl (C=O) groups is 1. The molecule has 2 atom stereocenters. The fraction of sp³-hybridized carbons (Fsp3) is 0.583. The lowest BCUT2D eigenvalue weighted by atomic mass is 10.0. The van der Waals surface area contributed by atoms with Crippen molar-refractivity contribution in [2.24, 2.45) is 5.92 Å². The summed E-state index contributed by atoms with van der Waals surface area (Å²) in [5, 5.41) is 9.19. The van der Waals surface area contributed by atoms with Gasteiger partial charge in [0.15, 0.2) is 0 Å². The molecule has 0 amide bonds. The van der Waals surface area contributed by atoms with E-state index in [2.05, 4.69) is 0 Å². The quantitative estimate of drug-likeness (QED) is 0.872. The predicted molar refractivity (Wildman–Crippen MR) is 79.4 cm³/mol. The topological polar surface area (TPSA) is 83.9 Å². The van der Waals surface area contributed by atoms with Gasteiger partial charge in [-0.05, 0) is 18.6 Å². The molecule has 118 valence electrons. The van der Waals surface area contributed by atoms with Gasteiger partial charge in [-0.25, -0.2) is 8.42 Å². The maximum atomic E-state index is 12.7. The zero-order valence-electron chi connectivity index (χ0n) is 11.6. The highest BCUT2D eigenvalue weighted by atomic mass is 35.5. The number of aliphatic carboxylic acids is 1. The summed E-state index contributed by atoms with van der Waals surface area (Å²) in [6, 6.07) is 0.815. The van der Waals surface area contributed by atoms with Crippen molar-refractivity contribution in [2.75, 3.05) is 19.8 Å². The molecule has 2 unspecified atom stereocenters. The molecular weight excluding hydrogens is 338 g/mol. The monoisotopic (exact) mass is 353 g/mol. The fourth-order valence-electron chi connectivity index (χ4n) is 2.32. The van der Waals surface area contributed by atoms with Crippen molar-refractivity contribution in [2.45, 2.75) is 24.1 Å². The van der Waals surface area contributed by atoms with Crippen LogP contribution in [-0.2, 0) is 19.6 Å². The Hall–Kier alpha value is -0.670. The third kappa shape index (κ3) is 3.09. The Morgan fingerprint density at radius 3 is 2.71 bits per heavy atom. The number of hydrogen-bond acceptors (Lipinski definition) is 5. The Kier molecular flexibility index (Phi) is 4.94. The number of carboxylic acids is 1. The minimum atomic E-state index is -3.78. The van der Waals surface area contributed by atoms with Gasteiger partial charge in [0, 0.05) is 6.54 Å². The number of hydrogen-bond donors (Lipinski definition) is 1. The van der Waals surface area contributed by atoms with Gasteiger partial charge >= 0.3 is 5.97 Å². The summed E-state index contributed by atoms with van der Waals surface area (Å²) in [4.78, 5) is 11.2. The fourth-order valence-corrected chi connectivity index (χ4v) is 5.81. The molecule has 0 aliphatic carbocycles. The number of aryl methyl sites for hydroxylation is 1. The van der Waals surface area contributed by atoms with Crippen LogP contribution in [0, 0.1) is 12.8 Å². The van der Waals surface area contributed by atoms with Crippen LogP contribution < -0.4 is 0 Å². The van der Waals surface area contributed by atoms with E-state index in [9.17, 15) is 18.3 Å². The van der Waals surface area contributed by atoms with E-state index >= 15 is 0 Å². The highest BCUT2D eigenvalue weighted by Crippen LogP contribution is 2.34. The zero-order valence-corrected chi connectivity index (χ0v) is 14.0. The second-order valence-electron chi connectivity index (χ2n) is 4.78. The highest BCUT2D eigenvalue weighted by molar-refractivity contribution is 7.91. The van der Waals surface area contributed by atoms with E-state index in [1.807, 2.05) is 0 Å². The summed E-state index contributed by atoms with van der Waals surface area (Å²) in [7, 11) is -3.78. The summed E-state index contributed by atoms with van der Waals surface area (Å²) in [6.45, 7) is 3.69. The zero-order chi connectivity index (χ0) is 15.8. The Morgan fingerprint density at radius 1 is 1.57 bits per heavy atom. The van der Waals surface area contributed by atoms with Crippen LogP contribution in [0.3, 0.4) is 0 Å². The molecule has 0 bridgehead atoms. The van der Waals surface area contributed by atoms with Crippen molar-refractivity contribution >= 4 is 38.9 Å². The van der Waals surface area contributed by atoms with Gasteiger partial charge in [-0.2, -0.15) is 4.31 Å². The minimum absolute atomic E-state index is 0.0241. The Labute approximate surface area is 132 Å². The molecule has 1 aromatic heterocycles. The molecule has 0 aromatic carbocycles. The smallest absolute Gasteiger partial charge is 0.310 e. The lowest BCUT2D eigenvalue weighted by Crippen LogP contribution is -2.46. The molecule has 2 rings (SSSR count). The molecule has 6 nitrogen and oxygen atoms in total. The number of carboxylic acid groups (broad SMARTS) is 1. The first kappa shape index (κ1) is 16.7. The molecule has 2 heterocycles. The molecule has 1 aromatic rings. The Morgan fingerprint density at radius 2 is 2.24 bits per heavy atom. The molecule has 0 radical (unpaired) electrons. The summed E-state index contributed by atoms with van der Waals surface area (Å²) < 4.78 is 32.3. The summed E-state index contributed by atoms with van der Waals surface area (Å²) in [5.74, 6) is -1.90. The maximum absolute atomic E-state index is 12.7. The van der Waals surface area contributed by atoms with E-state index in [0.29, 0.717) is 9.90 Å². The second-order valence-corrected chi connectivity index (χ2v) is 8.55. The van der Waals surface area contributed by atoms with Gasteiger partial charge < -0.3 is 9.84 Å². The highest BCUT2D eigenvalue weighted by Gasteiger charge is 2.43. The first-order valence-corrected chi connectivity index (χ1v) is 9.00. The van der Waals surface area contributed by atoms with Gasteiger partial charge in [0.05, 0.1) is 29.5 Å². The molecular formula is C12H16ClNO5S2. The van der Waals surface area contributed by atoms with Crippen molar-refractivity contribution in [3.8, 4) is 0 Å². The van der Waals surface area contributed by atoms with Gasteiger partial charge in [-0.3, -0.25) is 4.79 Å². The number of halogens is 1. The summed E-state index contributed by atoms with van der Waals surface area (Å²) in [6.07, 6.45) is 0. The van der Waals surface area contributed by atoms with E-state index < -0.39 is 28.0 Å². The van der Waals surface area contributed by atoms with Crippen LogP contribution in [0.4, 0.5) is 0 Å². The SMILES string of the molecule is CCN(C1COCC1C(=O)O)S(=O)(=O)c1cc(C)c(Cl)s1. The van der Waals surface area contributed by atoms with E-state index in [4.69, 9.17) is 16.3 Å². The third-order valence-electron chi connectivity index (χ3n) is 3.45. The van der Waals surface area contributed by atoms with Crippen LogP contribution in [0.25, 0.3) is 0 Å². The number of sulfonamides is 1. The Bertz CT molecular complexity index is 623. The van der Waals surface area contributed by atoms with Gasteiger partial charge in [-0.1, -0.05) is 18.5 Å².